The zero-order valence-electron chi connectivity index (χ0n) is 13.8. The van der Waals surface area contributed by atoms with E-state index in [0.29, 0.717) is 5.92 Å². The van der Waals surface area contributed by atoms with Gasteiger partial charge in [0.15, 0.2) is 0 Å². The van der Waals surface area contributed by atoms with Crippen molar-refractivity contribution in [2.24, 2.45) is 5.92 Å². The van der Waals surface area contributed by atoms with Gasteiger partial charge in [-0.2, -0.15) is 0 Å². The summed E-state index contributed by atoms with van der Waals surface area (Å²) in [6, 6.07) is 6.57. The minimum absolute atomic E-state index is 0.134. The fourth-order valence-electron chi connectivity index (χ4n) is 2.12. The Morgan fingerprint density at radius 2 is 1.95 bits per heavy atom. The standard InChI is InChI=1S/C17H29BrN2/c1-7-13(2)12-20(6)16-9-8-15(18)10-14(16)11-19-17(3,4)5/h8-10,13,19H,7,11-12H2,1-6H3. The van der Waals surface area contributed by atoms with Crippen molar-refractivity contribution in [2.45, 2.75) is 53.1 Å². The van der Waals surface area contributed by atoms with Crippen molar-refractivity contribution >= 4 is 21.6 Å². The summed E-state index contributed by atoms with van der Waals surface area (Å²) in [5.74, 6) is 0.715. The Balaban J connectivity index is 2.89. The van der Waals surface area contributed by atoms with Crippen LogP contribution in [-0.2, 0) is 6.54 Å². The predicted octanol–water partition coefficient (Wildman–Crippen LogP) is 4.82. The van der Waals surface area contributed by atoms with Gasteiger partial charge in [-0.1, -0.05) is 36.2 Å². The van der Waals surface area contributed by atoms with Crippen molar-refractivity contribution in [3.05, 3.63) is 28.2 Å². The van der Waals surface area contributed by atoms with Crippen molar-refractivity contribution in [2.75, 3.05) is 18.5 Å². The Morgan fingerprint density at radius 1 is 1.30 bits per heavy atom. The first-order valence-corrected chi connectivity index (χ1v) is 8.27. The first kappa shape index (κ1) is 17.5. The number of nitrogens with one attached hydrogen (secondary N) is 1. The van der Waals surface area contributed by atoms with E-state index in [9.17, 15) is 0 Å². The summed E-state index contributed by atoms with van der Waals surface area (Å²) < 4.78 is 1.14. The lowest BCUT2D eigenvalue weighted by atomic mass is 10.1. The van der Waals surface area contributed by atoms with Crippen molar-refractivity contribution in [3.63, 3.8) is 0 Å². The third kappa shape index (κ3) is 5.84. The van der Waals surface area contributed by atoms with Gasteiger partial charge < -0.3 is 10.2 Å². The maximum atomic E-state index is 3.58. The number of nitrogens with zero attached hydrogens (tertiary/aromatic N) is 1. The van der Waals surface area contributed by atoms with Gasteiger partial charge in [-0.15, -0.1) is 0 Å². The van der Waals surface area contributed by atoms with Gasteiger partial charge in [-0.3, -0.25) is 0 Å². The van der Waals surface area contributed by atoms with Gasteiger partial charge in [-0.05, 0) is 50.5 Å². The third-order valence-corrected chi connectivity index (χ3v) is 4.04. The number of anilines is 1. The first-order chi connectivity index (χ1) is 9.23. The van der Waals surface area contributed by atoms with Crippen LogP contribution in [-0.4, -0.2) is 19.1 Å². The lowest BCUT2D eigenvalue weighted by Crippen LogP contribution is -2.35. The summed E-state index contributed by atoms with van der Waals surface area (Å²) in [6.45, 7) is 13.2. The molecule has 0 radical (unpaired) electrons. The molecule has 1 aromatic rings. The third-order valence-electron chi connectivity index (χ3n) is 3.54. The van der Waals surface area contributed by atoms with E-state index in [0.717, 1.165) is 17.6 Å². The van der Waals surface area contributed by atoms with Crippen LogP contribution in [0.3, 0.4) is 0 Å². The second kappa shape index (κ2) is 7.46. The summed E-state index contributed by atoms with van der Waals surface area (Å²) in [5, 5.41) is 3.58. The van der Waals surface area contributed by atoms with Crippen molar-refractivity contribution < 1.29 is 0 Å². The number of hydrogen-bond donors (Lipinski definition) is 1. The van der Waals surface area contributed by atoms with Crippen LogP contribution in [0.4, 0.5) is 5.69 Å². The molecule has 0 saturated heterocycles. The zero-order valence-corrected chi connectivity index (χ0v) is 15.3. The number of halogens is 1. The summed E-state index contributed by atoms with van der Waals surface area (Å²) in [6.07, 6.45) is 1.22. The lowest BCUT2D eigenvalue weighted by Gasteiger charge is -2.27. The summed E-state index contributed by atoms with van der Waals surface area (Å²) >= 11 is 3.58. The molecule has 1 unspecified atom stereocenters. The second-order valence-corrected chi connectivity index (χ2v) is 7.69. The highest BCUT2D eigenvalue weighted by Gasteiger charge is 2.14. The minimum atomic E-state index is 0.134. The highest BCUT2D eigenvalue weighted by Crippen LogP contribution is 2.25. The Hall–Kier alpha value is -0.540. The molecule has 0 aromatic heterocycles. The Kier molecular flexibility index (Phi) is 6.53. The molecule has 0 bridgehead atoms. The molecule has 1 atom stereocenters. The molecule has 1 N–H and O–H groups in total. The van der Waals surface area contributed by atoms with Gasteiger partial charge in [0, 0.05) is 35.8 Å². The van der Waals surface area contributed by atoms with Crippen LogP contribution < -0.4 is 10.2 Å². The summed E-state index contributed by atoms with van der Waals surface area (Å²) in [4.78, 5) is 2.38. The molecule has 1 rings (SSSR count). The van der Waals surface area contributed by atoms with E-state index < -0.39 is 0 Å². The molecular formula is C17H29BrN2. The van der Waals surface area contributed by atoms with Crippen LogP contribution in [0.25, 0.3) is 0 Å². The average molecular weight is 341 g/mol. The average Bonchev–Trinajstić information content (AvgIpc) is 2.35. The van der Waals surface area contributed by atoms with E-state index in [-0.39, 0.29) is 5.54 Å². The van der Waals surface area contributed by atoms with Gasteiger partial charge in [0.05, 0.1) is 0 Å². The van der Waals surface area contributed by atoms with Crippen molar-refractivity contribution in [3.8, 4) is 0 Å². The number of hydrogen-bond acceptors (Lipinski definition) is 2. The quantitative estimate of drug-likeness (QED) is 0.798. The number of rotatable bonds is 6. The highest BCUT2D eigenvalue weighted by molar-refractivity contribution is 9.10. The van der Waals surface area contributed by atoms with Gasteiger partial charge >= 0.3 is 0 Å². The maximum absolute atomic E-state index is 3.58. The van der Waals surface area contributed by atoms with Crippen LogP contribution in [0, 0.1) is 5.92 Å². The molecule has 20 heavy (non-hydrogen) atoms. The molecule has 0 aliphatic heterocycles. The molecule has 0 aliphatic carbocycles. The minimum Gasteiger partial charge on any atom is -0.374 e. The maximum Gasteiger partial charge on any atom is 0.0410 e. The summed E-state index contributed by atoms with van der Waals surface area (Å²) in [7, 11) is 2.19. The molecule has 114 valence electrons. The molecule has 0 aliphatic rings. The monoisotopic (exact) mass is 340 g/mol. The van der Waals surface area contributed by atoms with Gasteiger partial charge in [0.2, 0.25) is 0 Å². The van der Waals surface area contributed by atoms with Gasteiger partial charge in [0.1, 0.15) is 0 Å². The van der Waals surface area contributed by atoms with Crippen molar-refractivity contribution in [1.82, 2.24) is 5.32 Å². The fourth-order valence-corrected chi connectivity index (χ4v) is 2.53. The topological polar surface area (TPSA) is 15.3 Å². The van der Waals surface area contributed by atoms with Crippen molar-refractivity contribution in [1.29, 1.82) is 0 Å². The molecule has 0 spiro atoms. The molecule has 2 nitrogen and oxygen atoms in total. The predicted molar refractivity (Wildman–Crippen MR) is 93.5 cm³/mol. The Morgan fingerprint density at radius 3 is 2.50 bits per heavy atom. The number of benzene rings is 1. The lowest BCUT2D eigenvalue weighted by molar-refractivity contribution is 0.424. The van der Waals surface area contributed by atoms with Crippen LogP contribution in [0.15, 0.2) is 22.7 Å². The Bertz CT molecular complexity index is 423. The van der Waals surface area contributed by atoms with Gasteiger partial charge in [-0.25, -0.2) is 0 Å². The van der Waals surface area contributed by atoms with Crippen LogP contribution in [0.1, 0.15) is 46.6 Å². The van der Waals surface area contributed by atoms with E-state index in [4.69, 9.17) is 0 Å². The molecule has 0 heterocycles. The SMILES string of the molecule is CCC(C)CN(C)c1ccc(Br)cc1CNC(C)(C)C. The van der Waals surface area contributed by atoms with Crippen LogP contribution >= 0.6 is 15.9 Å². The zero-order chi connectivity index (χ0) is 15.3. The first-order valence-electron chi connectivity index (χ1n) is 7.47. The summed E-state index contributed by atoms with van der Waals surface area (Å²) in [5.41, 5.74) is 2.81. The smallest absolute Gasteiger partial charge is 0.0410 e. The highest BCUT2D eigenvalue weighted by atomic mass is 79.9. The Labute approximate surface area is 133 Å². The largest absolute Gasteiger partial charge is 0.374 e. The van der Waals surface area contributed by atoms with Gasteiger partial charge in [0.25, 0.3) is 0 Å². The van der Waals surface area contributed by atoms with E-state index in [2.05, 4.69) is 86.0 Å². The molecule has 1 aromatic carbocycles. The van der Waals surface area contributed by atoms with E-state index >= 15 is 0 Å². The normalized spacial score (nSPS) is 13.3. The van der Waals surface area contributed by atoms with Crippen LogP contribution in [0.2, 0.25) is 0 Å². The molecule has 0 fully saturated rings. The molecule has 3 heteroatoms. The van der Waals surface area contributed by atoms with E-state index in [1.807, 2.05) is 0 Å². The second-order valence-electron chi connectivity index (χ2n) is 6.77. The van der Waals surface area contributed by atoms with Crippen LogP contribution in [0.5, 0.6) is 0 Å². The molecule has 0 saturated carbocycles. The van der Waals surface area contributed by atoms with E-state index in [1.165, 1.54) is 17.7 Å². The molecule has 0 amide bonds. The fraction of sp³-hybridized carbons (Fsp3) is 0.647. The van der Waals surface area contributed by atoms with E-state index in [1.54, 1.807) is 0 Å². The molecular weight excluding hydrogens is 312 g/mol.